The van der Waals surface area contributed by atoms with Crippen LogP contribution in [0.25, 0.3) is 0 Å². The Morgan fingerprint density at radius 1 is 1.58 bits per heavy atom. The quantitative estimate of drug-likeness (QED) is 0.492. The molecule has 0 radical (unpaired) electrons. The van der Waals surface area contributed by atoms with Crippen LogP contribution in [-0.2, 0) is 0 Å². The molecular formula is C10H13BO. The third-order valence-electron chi connectivity index (χ3n) is 2.10. The lowest BCUT2D eigenvalue weighted by molar-refractivity contribution is 0.229. The van der Waals surface area contributed by atoms with Gasteiger partial charge >= 0.3 is 0 Å². The predicted molar refractivity (Wildman–Crippen MR) is 54.5 cm³/mol. The third-order valence-corrected chi connectivity index (χ3v) is 2.10. The van der Waals surface area contributed by atoms with Crippen LogP contribution in [0.15, 0.2) is 30.9 Å². The first kappa shape index (κ1) is 9.08. The van der Waals surface area contributed by atoms with Gasteiger partial charge in [-0.05, 0) is 12.5 Å². The van der Waals surface area contributed by atoms with E-state index in [0.717, 1.165) is 5.56 Å². The Hall–Kier alpha value is -1.02. The number of hydrogen-bond donors (Lipinski definition) is 1. The zero-order chi connectivity index (χ0) is 9.14. The predicted octanol–water partition coefficient (Wildman–Crippen LogP) is 0.473. The van der Waals surface area contributed by atoms with Crippen molar-refractivity contribution in [1.82, 2.24) is 0 Å². The van der Waals surface area contributed by atoms with Crippen LogP contribution in [0.4, 0.5) is 0 Å². The molecule has 0 aromatic heterocycles. The average Bonchev–Trinajstić information content (AvgIpc) is 2.08. The largest absolute Gasteiger partial charge is 0.384 e. The zero-order valence-corrected chi connectivity index (χ0v) is 7.54. The fourth-order valence-corrected chi connectivity index (χ4v) is 1.08. The average molecular weight is 160 g/mol. The Bertz CT molecular complexity index is 294. The first-order valence-electron chi connectivity index (χ1n) is 4.03. The molecule has 1 atom stereocenters. The van der Waals surface area contributed by atoms with Crippen molar-refractivity contribution in [2.24, 2.45) is 0 Å². The standard InChI is InChI=1S/C10H13BO/c1-3-10(12)8-5-4-7(2)9(11)6-8/h3-6,10,12H,1,11H2,2H3. The van der Waals surface area contributed by atoms with E-state index in [9.17, 15) is 5.11 Å². The highest BCUT2D eigenvalue weighted by molar-refractivity contribution is 6.33. The fraction of sp³-hybridized carbons (Fsp3) is 0.200. The molecule has 62 valence electrons. The molecule has 0 bridgehead atoms. The summed E-state index contributed by atoms with van der Waals surface area (Å²) in [5, 5.41) is 9.43. The molecule has 0 heterocycles. The maximum Gasteiger partial charge on any atom is 0.139 e. The van der Waals surface area contributed by atoms with Crippen molar-refractivity contribution >= 4 is 13.3 Å². The summed E-state index contributed by atoms with van der Waals surface area (Å²) >= 11 is 0. The van der Waals surface area contributed by atoms with Gasteiger partial charge in [0.15, 0.2) is 0 Å². The number of aliphatic hydroxyl groups is 1. The molecule has 1 N–H and O–H groups in total. The van der Waals surface area contributed by atoms with E-state index >= 15 is 0 Å². The third kappa shape index (κ3) is 1.77. The van der Waals surface area contributed by atoms with Gasteiger partial charge in [0.05, 0.1) is 6.10 Å². The van der Waals surface area contributed by atoms with Gasteiger partial charge in [0.25, 0.3) is 0 Å². The van der Waals surface area contributed by atoms with Crippen LogP contribution in [0, 0.1) is 6.92 Å². The van der Waals surface area contributed by atoms with Gasteiger partial charge in [-0.15, -0.1) is 6.58 Å². The number of rotatable bonds is 2. The van der Waals surface area contributed by atoms with Crippen LogP contribution < -0.4 is 5.46 Å². The minimum atomic E-state index is -0.538. The van der Waals surface area contributed by atoms with Crippen LogP contribution in [0.3, 0.4) is 0 Å². The van der Waals surface area contributed by atoms with E-state index < -0.39 is 6.10 Å². The van der Waals surface area contributed by atoms with E-state index in [1.807, 2.05) is 26.0 Å². The Kier molecular flexibility index (Phi) is 2.72. The molecule has 2 heteroatoms. The van der Waals surface area contributed by atoms with Crippen LogP contribution >= 0.6 is 0 Å². The van der Waals surface area contributed by atoms with Crippen molar-refractivity contribution in [3.05, 3.63) is 42.0 Å². The maximum absolute atomic E-state index is 9.43. The molecule has 0 amide bonds. The van der Waals surface area contributed by atoms with Crippen LogP contribution in [0.5, 0.6) is 0 Å². The second kappa shape index (κ2) is 3.59. The van der Waals surface area contributed by atoms with Gasteiger partial charge in [0.2, 0.25) is 0 Å². The van der Waals surface area contributed by atoms with Gasteiger partial charge in [-0.2, -0.15) is 0 Å². The summed E-state index contributed by atoms with van der Waals surface area (Å²) in [4.78, 5) is 0. The molecule has 1 aromatic rings. The molecule has 1 nitrogen and oxygen atoms in total. The molecule has 1 aromatic carbocycles. The lowest BCUT2D eigenvalue weighted by Crippen LogP contribution is -2.09. The molecule has 0 aliphatic heterocycles. The van der Waals surface area contributed by atoms with E-state index in [1.165, 1.54) is 17.1 Å². The molecule has 0 aliphatic carbocycles. The number of hydrogen-bond acceptors (Lipinski definition) is 1. The van der Waals surface area contributed by atoms with Gasteiger partial charge in [-0.25, -0.2) is 0 Å². The van der Waals surface area contributed by atoms with Crippen molar-refractivity contribution in [3.8, 4) is 0 Å². The minimum absolute atomic E-state index is 0.538. The van der Waals surface area contributed by atoms with E-state index in [-0.39, 0.29) is 0 Å². The summed E-state index contributed by atoms with van der Waals surface area (Å²) in [5.41, 5.74) is 3.36. The SMILES string of the molecule is Bc1cc(C(O)C=C)ccc1C. The molecule has 0 saturated carbocycles. The van der Waals surface area contributed by atoms with Crippen molar-refractivity contribution < 1.29 is 5.11 Å². The molecule has 0 aliphatic rings. The number of aryl methyl sites for hydroxylation is 1. The molecule has 0 spiro atoms. The first-order valence-corrected chi connectivity index (χ1v) is 4.03. The van der Waals surface area contributed by atoms with Gasteiger partial charge in [0.1, 0.15) is 7.85 Å². The summed E-state index contributed by atoms with van der Waals surface area (Å²) in [6, 6.07) is 5.92. The van der Waals surface area contributed by atoms with E-state index in [1.54, 1.807) is 0 Å². The van der Waals surface area contributed by atoms with Crippen molar-refractivity contribution in [3.63, 3.8) is 0 Å². The monoisotopic (exact) mass is 160 g/mol. The smallest absolute Gasteiger partial charge is 0.139 e. The second-order valence-corrected chi connectivity index (χ2v) is 3.02. The Morgan fingerprint density at radius 3 is 2.75 bits per heavy atom. The highest BCUT2D eigenvalue weighted by Gasteiger charge is 2.02. The summed E-state index contributed by atoms with van der Waals surface area (Å²) in [6.07, 6.45) is 0.994. The van der Waals surface area contributed by atoms with Gasteiger partial charge in [-0.3, -0.25) is 0 Å². The van der Waals surface area contributed by atoms with Crippen LogP contribution in [0.1, 0.15) is 17.2 Å². The topological polar surface area (TPSA) is 20.2 Å². The second-order valence-electron chi connectivity index (χ2n) is 3.02. The van der Waals surface area contributed by atoms with Crippen molar-refractivity contribution in [2.75, 3.05) is 0 Å². The minimum Gasteiger partial charge on any atom is -0.384 e. The Morgan fingerprint density at radius 2 is 2.25 bits per heavy atom. The van der Waals surface area contributed by atoms with Gasteiger partial charge in [0, 0.05) is 0 Å². The van der Waals surface area contributed by atoms with E-state index in [2.05, 4.69) is 13.5 Å². The summed E-state index contributed by atoms with van der Waals surface area (Å²) in [7, 11) is 2.04. The highest BCUT2D eigenvalue weighted by atomic mass is 16.3. The fourth-order valence-electron chi connectivity index (χ4n) is 1.08. The van der Waals surface area contributed by atoms with Crippen molar-refractivity contribution in [1.29, 1.82) is 0 Å². The summed E-state index contributed by atoms with van der Waals surface area (Å²) in [6.45, 7) is 5.59. The van der Waals surface area contributed by atoms with Crippen LogP contribution in [-0.4, -0.2) is 13.0 Å². The molecule has 1 unspecified atom stereocenters. The van der Waals surface area contributed by atoms with E-state index in [4.69, 9.17) is 0 Å². The lowest BCUT2D eigenvalue weighted by atomic mass is 9.88. The summed E-state index contributed by atoms with van der Waals surface area (Å²) in [5.74, 6) is 0. The molecule has 0 saturated heterocycles. The maximum atomic E-state index is 9.43. The number of aliphatic hydroxyl groups excluding tert-OH is 1. The number of benzene rings is 1. The zero-order valence-electron chi connectivity index (χ0n) is 7.54. The lowest BCUT2D eigenvalue weighted by Gasteiger charge is -2.07. The van der Waals surface area contributed by atoms with Gasteiger partial charge in [-0.1, -0.05) is 35.3 Å². The molecule has 12 heavy (non-hydrogen) atoms. The van der Waals surface area contributed by atoms with Gasteiger partial charge < -0.3 is 5.11 Å². The molecule has 1 rings (SSSR count). The molecule has 0 fully saturated rings. The Labute approximate surface area is 74.1 Å². The first-order chi connectivity index (χ1) is 5.65. The Balaban J connectivity index is 3.04. The molecular weight excluding hydrogens is 147 g/mol. The normalized spacial score (nSPS) is 12.5. The highest BCUT2D eigenvalue weighted by Crippen LogP contribution is 2.12. The van der Waals surface area contributed by atoms with E-state index in [0.29, 0.717) is 0 Å². The van der Waals surface area contributed by atoms with Crippen LogP contribution in [0.2, 0.25) is 0 Å². The summed E-state index contributed by atoms with van der Waals surface area (Å²) < 4.78 is 0. The van der Waals surface area contributed by atoms with Crippen molar-refractivity contribution in [2.45, 2.75) is 13.0 Å².